The molecule has 0 aliphatic heterocycles. The van der Waals surface area contributed by atoms with E-state index in [2.05, 4.69) is 40.3 Å². The summed E-state index contributed by atoms with van der Waals surface area (Å²) < 4.78 is 25.5. The lowest BCUT2D eigenvalue weighted by Crippen LogP contribution is -2.34. The van der Waals surface area contributed by atoms with E-state index in [0.29, 0.717) is 6.42 Å². The van der Waals surface area contributed by atoms with Gasteiger partial charge in [-0.05, 0) is 38.5 Å². The number of unbranched alkanes of at least 4 members (excludes halogenated alkanes) is 8. The second-order valence-electron chi connectivity index (χ2n) is 8.32. The first kappa shape index (κ1) is 33.4. The van der Waals surface area contributed by atoms with Crippen LogP contribution >= 0.6 is 7.82 Å². The first-order chi connectivity index (χ1) is 16.7. The van der Waals surface area contributed by atoms with Crippen molar-refractivity contribution in [2.24, 2.45) is 5.73 Å². The highest BCUT2D eigenvalue weighted by Crippen LogP contribution is 2.43. The topological polar surface area (TPSA) is 166 Å². The summed E-state index contributed by atoms with van der Waals surface area (Å²) in [6.45, 7) is 0.447. The Kier molecular flexibility index (Phi) is 20.7. The van der Waals surface area contributed by atoms with E-state index in [-0.39, 0.29) is 6.42 Å². The van der Waals surface area contributed by atoms with Crippen molar-refractivity contribution in [1.29, 1.82) is 0 Å². The van der Waals surface area contributed by atoms with E-state index in [9.17, 15) is 24.2 Å². The number of carbonyl (C=O) groups excluding carboxylic acids is 1. The van der Waals surface area contributed by atoms with Crippen LogP contribution < -0.4 is 5.73 Å². The Balaban J connectivity index is 3.66. The molecular weight excluding hydrogens is 477 g/mol. The molecule has 0 amide bonds. The summed E-state index contributed by atoms with van der Waals surface area (Å²) in [4.78, 5) is 31.7. The van der Waals surface area contributed by atoms with Gasteiger partial charge in [-0.1, -0.05) is 63.3 Å². The van der Waals surface area contributed by atoms with Crippen LogP contribution in [0.3, 0.4) is 0 Å². The monoisotopic (exact) mass is 521 g/mol. The largest absolute Gasteiger partial charge is 0.480 e. The number of hydrogen-bond donors (Lipinski definition) is 4. The van der Waals surface area contributed by atoms with Crippen molar-refractivity contribution in [3.63, 3.8) is 0 Å². The molecule has 0 saturated heterocycles. The number of ether oxygens (including phenoxy) is 1. The molecule has 11 heteroatoms. The Hall–Kier alpha value is -1.55. The van der Waals surface area contributed by atoms with E-state index in [1.165, 1.54) is 25.7 Å². The number of carbonyl (C=O) groups is 2. The van der Waals surface area contributed by atoms with Gasteiger partial charge in [-0.15, -0.1) is 0 Å². The molecule has 1 unspecified atom stereocenters. The van der Waals surface area contributed by atoms with Crippen molar-refractivity contribution < 1.29 is 43.0 Å². The SMILES string of the molecule is CCCCC/C=C\C/C=C\CCCCCCCC(=O)OC[C@@H](O)COP(=O)(O)OC[C@H](N)C(=O)O. The van der Waals surface area contributed by atoms with E-state index in [1.807, 2.05) is 0 Å². The number of phosphoric ester groups is 1. The molecule has 3 atom stereocenters. The van der Waals surface area contributed by atoms with Gasteiger partial charge in [-0.25, -0.2) is 4.57 Å². The number of aliphatic hydroxyl groups excluding tert-OH is 1. The molecule has 0 aromatic carbocycles. The summed E-state index contributed by atoms with van der Waals surface area (Å²) >= 11 is 0. The van der Waals surface area contributed by atoms with Gasteiger partial charge in [-0.2, -0.15) is 0 Å². The number of hydrogen-bond acceptors (Lipinski definition) is 8. The van der Waals surface area contributed by atoms with Crippen LogP contribution in [-0.2, 0) is 27.9 Å². The van der Waals surface area contributed by atoms with E-state index in [1.54, 1.807) is 0 Å². The van der Waals surface area contributed by atoms with Crippen molar-refractivity contribution in [3.8, 4) is 0 Å². The number of aliphatic hydroxyl groups is 1. The summed E-state index contributed by atoms with van der Waals surface area (Å²) in [5.41, 5.74) is 5.15. The maximum Gasteiger partial charge on any atom is 0.472 e. The Bertz CT molecular complexity index is 669. The van der Waals surface area contributed by atoms with E-state index in [4.69, 9.17) is 15.6 Å². The molecule has 0 aliphatic carbocycles. The summed E-state index contributed by atoms with van der Waals surface area (Å²) in [6.07, 6.45) is 19.7. The Morgan fingerprint density at radius 3 is 2.09 bits per heavy atom. The Morgan fingerprint density at radius 1 is 0.886 bits per heavy atom. The van der Waals surface area contributed by atoms with Gasteiger partial charge in [0, 0.05) is 6.42 Å². The van der Waals surface area contributed by atoms with E-state index >= 15 is 0 Å². The zero-order valence-corrected chi connectivity index (χ0v) is 21.8. The zero-order chi connectivity index (χ0) is 26.4. The average Bonchev–Trinajstić information content (AvgIpc) is 2.82. The van der Waals surface area contributed by atoms with Crippen LogP contribution in [0.2, 0.25) is 0 Å². The van der Waals surface area contributed by atoms with Crippen molar-refractivity contribution in [2.75, 3.05) is 19.8 Å². The third kappa shape index (κ3) is 22.6. The molecule has 0 bridgehead atoms. The van der Waals surface area contributed by atoms with Gasteiger partial charge in [0.2, 0.25) is 0 Å². The van der Waals surface area contributed by atoms with Crippen molar-refractivity contribution in [1.82, 2.24) is 0 Å². The second-order valence-corrected chi connectivity index (χ2v) is 9.78. The number of carboxylic acids is 1. The molecule has 35 heavy (non-hydrogen) atoms. The first-order valence-electron chi connectivity index (χ1n) is 12.4. The third-order valence-corrected chi connectivity index (χ3v) is 5.88. The quantitative estimate of drug-likeness (QED) is 0.0661. The number of rotatable bonds is 23. The fraction of sp³-hybridized carbons (Fsp3) is 0.750. The number of aliphatic carboxylic acids is 1. The minimum atomic E-state index is -4.58. The molecule has 0 spiro atoms. The molecule has 10 nitrogen and oxygen atoms in total. The molecule has 0 rings (SSSR count). The minimum Gasteiger partial charge on any atom is -0.480 e. The van der Waals surface area contributed by atoms with Gasteiger partial charge in [0.05, 0.1) is 13.2 Å². The molecule has 5 N–H and O–H groups in total. The highest BCUT2D eigenvalue weighted by molar-refractivity contribution is 7.47. The van der Waals surface area contributed by atoms with Crippen LogP contribution in [0, 0.1) is 0 Å². The van der Waals surface area contributed by atoms with Crippen molar-refractivity contribution in [2.45, 2.75) is 96.1 Å². The van der Waals surface area contributed by atoms with Gasteiger partial charge >= 0.3 is 19.8 Å². The number of nitrogens with two attached hydrogens (primary N) is 1. The number of allylic oxidation sites excluding steroid dienone is 4. The summed E-state index contributed by atoms with van der Waals surface area (Å²) in [6, 6.07) is -1.49. The van der Waals surface area contributed by atoms with Crippen LogP contribution in [0.4, 0.5) is 0 Å². The fourth-order valence-corrected chi connectivity index (χ4v) is 3.64. The predicted molar refractivity (Wildman–Crippen MR) is 134 cm³/mol. The maximum atomic E-state index is 11.7. The number of phosphoric acid groups is 1. The van der Waals surface area contributed by atoms with Gasteiger partial charge in [0.1, 0.15) is 18.8 Å². The lowest BCUT2D eigenvalue weighted by molar-refractivity contribution is -0.147. The zero-order valence-electron chi connectivity index (χ0n) is 20.9. The third-order valence-electron chi connectivity index (χ3n) is 4.93. The normalized spacial score (nSPS) is 15.3. The number of esters is 1. The van der Waals surface area contributed by atoms with Crippen LogP contribution in [0.25, 0.3) is 0 Å². The molecule has 0 fully saturated rings. The standard InChI is InChI=1S/C24H44NO9P/c1-2-3-4-5-6-7-8-9-10-11-12-13-14-15-16-17-23(27)32-18-21(26)19-33-35(30,31)34-20-22(25)24(28)29/h6-7,9-10,21-22,26H,2-5,8,11-20,25H2,1H3,(H,28,29)(H,30,31)/b7-6-,10-9-/t21-,22+/m1/s1. The lowest BCUT2D eigenvalue weighted by atomic mass is 10.1. The van der Waals surface area contributed by atoms with Gasteiger partial charge in [0.25, 0.3) is 0 Å². The Labute approximate surface area is 209 Å². The van der Waals surface area contributed by atoms with Crippen LogP contribution in [0.15, 0.2) is 24.3 Å². The van der Waals surface area contributed by atoms with Crippen molar-refractivity contribution in [3.05, 3.63) is 24.3 Å². The summed E-state index contributed by atoms with van der Waals surface area (Å²) in [5.74, 6) is -1.87. The molecule has 0 aromatic heterocycles. The van der Waals surface area contributed by atoms with Crippen molar-refractivity contribution >= 4 is 19.8 Å². The molecule has 0 aliphatic rings. The highest BCUT2D eigenvalue weighted by atomic mass is 31.2. The van der Waals surface area contributed by atoms with Gasteiger partial charge < -0.3 is 25.6 Å². The predicted octanol–water partition coefficient (Wildman–Crippen LogP) is 4.25. The molecule has 0 heterocycles. The fourth-order valence-electron chi connectivity index (χ4n) is 2.85. The maximum absolute atomic E-state index is 11.7. The molecule has 0 saturated carbocycles. The highest BCUT2D eigenvalue weighted by Gasteiger charge is 2.26. The Morgan fingerprint density at radius 2 is 1.46 bits per heavy atom. The van der Waals surface area contributed by atoms with E-state index in [0.717, 1.165) is 38.5 Å². The smallest absolute Gasteiger partial charge is 0.472 e. The van der Waals surface area contributed by atoms with Crippen LogP contribution in [0.1, 0.15) is 84.0 Å². The molecule has 0 radical (unpaired) electrons. The average molecular weight is 522 g/mol. The molecular formula is C24H44NO9P. The summed E-state index contributed by atoms with van der Waals surface area (Å²) in [7, 11) is -4.58. The first-order valence-corrected chi connectivity index (χ1v) is 13.9. The van der Waals surface area contributed by atoms with Crippen LogP contribution in [0.5, 0.6) is 0 Å². The van der Waals surface area contributed by atoms with Crippen LogP contribution in [-0.4, -0.2) is 59.0 Å². The number of carboxylic acid groups (broad SMARTS) is 1. The summed E-state index contributed by atoms with van der Waals surface area (Å²) in [5, 5.41) is 18.3. The molecule has 0 aromatic rings. The van der Waals surface area contributed by atoms with E-state index < -0.39 is 51.7 Å². The second kappa shape index (κ2) is 21.7. The van der Waals surface area contributed by atoms with Gasteiger partial charge in [0.15, 0.2) is 0 Å². The lowest BCUT2D eigenvalue weighted by Gasteiger charge is -2.16. The minimum absolute atomic E-state index is 0.229. The molecule has 204 valence electrons. The van der Waals surface area contributed by atoms with Gasteiger partial charge in [-0.3, -0.25) is 18.6 Å².